The number of rotatable bonds is 6. The van der Waals surface area contributed by atoms with Gasteiger partial charge in [0.15, 0.2) is 12.3 Å². The fourth-order valence-corrected chi connectivity index (χ4v) is 3.34. The maximum atomic E-state index is 12.6. The molecule has 1 amide bonds. The van der Waals surface area contributed by atoms with E-state index in [1.165, 1.54) is 18.3 Å². The van der Waals surface area contributed by atoms with Crippen molar-refractivity contribution in [1.29, 1.82) is 0 Å². The summed E-state index contributed by atoms with van der Waals surface area (Å²) in [5, 5.41) is 9.04. The van der Waals surface area contributed by atoms with Gasteiger partial charge in [-0.25, -0.2) is 15.1 Å². The Labute approximate surface area is 192 Å². The zero-order chi connectivity index (χ0) is 24.3. The standard InChI is InChI=1S/C24H20F3N5O2/c1-15-12-20(22-16(2)31-32(23(22)29-15)19-6-4-3-5-7-19)34-14-21(33)30-28-13-17-8-10-18(11-9-17)24(25,26)27/h3-13H,14H2,1-2H3,(H,30,33)/b28-13+. The number of halogens is 3. The molecule has 0 spiro atoms. The van der Waals surface area contributed by atoms with Gasteiger partial charge in [-0.1, -0.05) is 30.3 Å². The molecule has 174 valence electrons. The molecule has 0 bridgehead atoms. The lowest BCUT2D eigenvalue weighted by atomic mass is 10.1. The van der Waals surface area contributed by atoms with Gasteiger partial charge >= 0.3 is 6.18 Å². The third-order valence-electron chi connectivity index (χ3n) is 4.91. The van der Waals surface area contributed by atoms with E-state index in [1.54, 1.807) is 10.7 Å². The number of hydrogen-bond acceptors (Lipinski definition) is 5. The minimum absolute atomic E-state index is 0.321. The summed E-state index contributed by atoms with van der Waals surface area (Å²) >= 11 is 0. The van der Waals surface area contributed by atoms with Gasteiger partial charge in [0.1, 0.15) is 5.75 Å². The van der Waals surface area contributed by atoms with E-state index in [4.69, 9.17) is 4.74 Å². The van der Waals surface area contributed by atoms with E-state index in [1.807, 2.05) is 44.2 Å². The second-order valence-electron chi connectivity index (χ2n) is 7.49. The highest BCUT2D eigenvalue weighted by atomic mass is 19.4. The van der Waals surface area contributed by atoms with E-state index in [2.05, 4.69) is 20.6 Å². The number of alkyl halides is 3. The van der Waals surface area contributed by atoms with Crippen molar-refractivity contribution in [1.82, 2.24) is 20.2 Å². The molecule has 0 radical (unpaired) electrons. The van der Waals surface area contributed by atoms with Crippen LogP contribution in [0.2, 0.25) is 0 Å². The van der Waals surface area contributed by atoms with Crippen LogP contribution in [0.5, 0.6) is 5.75 Å². The first-order chi connectivity index (χ1) is 16.2. The Morgan fingerprint density at radius 2 is 1.82 bits per heavy atom. The summed E-state index contributed by atoms with van der Waals surface area (Å²) in [4.78, 5) is 16.8. The van der Waals surface area contributed by atoms with Crippen molar-refractivity contribution in [2.24, 2.45) is 5.10 Å². The van der Waals surface area contributed by atoms with Crippen molar-refractivity contribution in [3.63, 3.8) is 0 Å². The SMILES string of the molecule is Cc1cc(OCC(=O)N/N=C/c2ccc(C(F)(F)F)cc2)c2c(C)nn(-c3ccccc3)c2n1. The van der Waals surface area contributed by atoms with Gasteiger partial charge in [-0.3, -0.25) is 4.79 Å². The average molecular weight is 467 g/mol. The summed E-state index contributed by atoms with van der Waals surface area (Å²) in [6.07, 6.45) is -3.16. The fourth-order valence-electron chi connectivity index (χ4n) is 3.34. The largest absolute Gasteiger partial charge is 0.483 e. The van der Waals surface area contributed by atoms with Crippen LogP contribution in [0.15, 0.2) is 65.8 Å². The van der Waals surface area contributed by atoms with Gasteiger partial charge in [0.05, 0.1) is 28.5 Å². The van der Waals surface area contributed by atoms with Crippen LogP contribution in [0, 0.1) is 13.8 Å². The molecule has 10 heteroatoms. The zero-order valence-electron chi connectivity index (χ0n) is 18.3. The molecular weight excluding hydrogens is 447 g/mol. The lowest BCUT2D eigenvalue weighted by molar-refractivity contribution is -0.137. The Morgan fingerprint density at radius 1 is 1.12 bits per heavy atom. The van der Waals surface area contributed by atoms with Gasteiger partial charge in [-0.05, 0) is 43.7 Å². The fraction of sp³-hybridized carbons (Fsp3) is 0.167. The summed E-state index contributed by atoms with van der Waals surface area (Å²) in [6.45, 7) is 3.33. The number of carbonyl (C=O) groups excluding carboxylic acids is 1. The predicted octanol–water partition coefficient (Wildman–Crippen LogP) is 4.59. The molecule has 34 heavy (non-hydrogen) atoms. The van der Waals surface area contributed by atoms with Crippen molar-refractivity contribution in [2.75, 3.05) is 6.61 Å². The van der Waals surface area contributed by atoms with E-state index in [0.29, 0.717) is 33.7 Å². The molecule has 2 heterocycles. The molecule has 4 aromatic rings. The number of para-hydroxylation sites is 1. The van der Waals surface area contributed by atoms with Gasteiger partial charge in [-0.2, -0.15) is 23.4 Å². The first kappa shape index (κ1) is 23.0. The molecule has 0 unspecified atom stereocenters. The molecule has 7 nitrogen and oxygen atoms in total. The number of hydrazone groups is 1. The van der Waals surface area contributed by atoms with Crippen LogP contribution in [0.3, 0.4) is 0 Å². The maximum Gasteiger partial charge on any atom is 0.416 e. The van der Waals surface area contributed by atoms with Crippen molar-refractivity contribution in [2.45, 2.75) is 20.0 Å². The Hall–Kier alpha value is -4.21. The van der Waals surface area contributed by atoms with Gasteiger partial charge in [0.25, 0.3) is 5.91 Å². The predicted molar refractivity (Wildman–Crippen MR) is 121 cm³/mol. The van der Waals surface area contributed by atoms with Crippen molar-refractivity contribution in [3.05, 3.63) is 83.2 Å². The molecular formula is C24H20F3N5O2. The summed E-state index contributed by atoms with van der Waals surface area (Å²) in [6, 6.07) is 15.7. The minimum atomic E-state index is -4.41. The molecule has 0 fully saturated rings. The van der Waals surface area contributed by atoms with Gasteiger partial charge < -0.3 is 4.74 Å². The lowest BCUT2D eigenvalue weighted by Crippen LogP contribution is -2.24. The van der Waals surface area contributed by atoms with Crippen LogP contribution in [0.25, 0.3) is 16.7 Å². The summed E-state index contributed by atoms with van der Waals surface area (Å²) < 4.78 is 45.3. The average Bonchev–Trinajstić information content (AvgIpc) is 3.14. The monoisotopic (exact) mass is 467 g/mol. The highest BCUT2D eigenvalue weighted by molar-refractivity contribution is 5.87. The number of aryl methyl sites for hydroxylation is 2. The molecule has 0 saturated heterocycles. The number of hydrogen-bond donors (Lipinski definition) is 1. The molecule has 0 aliphatic carbocycles. The van der Waals surface area contributed by atoms with Gasteiger partial charge in [-0.15, -0.1) is 0 Å². The third kappa shape index (κ3) is 5.06. The molecule has 2 aromatic heterocycles. The third-order valence-corrected chi connectivity index (χ3v) is 4.91. The van der Waals surface area contributed by atoms with Crippen molar-refractivity contribution >= 4 is 23.2 Å². The summed E-state index contributed by atoms with van der Waals surface area (Å²) in [7, 11) is 0. The van der Waals surface area contributed by atoms with Gasteiger partial charge in [0, 0.05) is 11.8 Å². The highest BCUT2D eigenvalue weighted by Crippen LogP contribution is 2.30. The molecule has 0 saturated carbocycles. The second-order valence-corrected chi connectivity index (χ2v) is 7.49. The number of nitrogens with one attached hydrogen (secondary N) is 1. The Balaban J connectivity index is 1.45. The molecule has 2 aromatic carbocycles. The first-order valence-electron chi connectivity index (χ1n) is 10.3. The lowest BCUT2D eigenvalue weighted by Gasteiger charge is -2.09. The van der Waals surface area contributed by atoms with Crippen LogP contribution >= 0.6 is 0 Å². The Morgan fingerprint density at radius 3 is 2.50 bits per heavy atom. The molecule has 0 atom stereocenters. The number of carbonyl (C=O) groups is 1. The second kappa shape index (κ2) is 9.34. The maximum absolute atomic E-state index is 12.6. The van der Waals surface area contributed by atoms with E-state index < -0.39 is 17.6 Å². The number of amides is 1. The normalized spacial score (nSPS) is 11.8. The highest BCUT2D eigenvalue weighted by Gasteiger charge is 2.29. The number of aromatic nitrogens is 3. The number of fused-ring (bicyclic) bond motifs is 1. The van der Waals surface area contributed by atoms with E-state index >= 15 is 0 Å². The zero-order valence-corrected chi connectivity index (χ0v) is 18.3. The van der Waals surface area contributed by atoms with Gasteiger partial charge in [0.2, 0.25) is 0 Å². The number of pyridine rings is 1. The van der Waals surface area contributed by atoms with Crippen LogP contribution < -0.4 is 10.2 Å². The number of ether oxygens (including phenoxy) is 1. The molecule has 0 aliphatic heterocycles. The Bertz CT molecular complexity index is 1350. The molecule has 1 N–H and O–H groups in total. The first-order valence-corrected chi connectivity index (χ1v) is 10.3. The molecule has 4 rings (SSSR count). The van der Waals surface area contributed by atoms with Crippen molar-refractivity contribution < 1.29 is 22.7 Å². The minimum Gasteiger partial charge on any atom is -0.483 e. The summed E-state index contributed by atoms with van der Waals surface area (Å²) in [5.74, 6) is -0.0667. The number of nitrogens with zero attached hydrogens (tertiary/aromatic N) is 4. The molecule has 0 aliphatic rings. The van der Waals surface area contributed by atoms with Crippen LogP contribution in [-0.4, -0.2) is 33.5 Å². The number of benzene rings is 2. The topological polar surface area (TPSA) is 81.4 Å². The smallest absolute Gasteiger partial charge is 0.416 e. The quantitative estimate of drug-likeness (QED) is 0.332. The van der Waals surface area contributed by atoms with Crippen molar-refractivity contribution in [3.8, 4) is 11.4 Å². The van der Waals surface area contributed by atoms with Crippen LogP contribution in [0.1, 0.15) is 22.5 Å². The van der Waals surface area contributed by atoms with E-state index in [0.717, 1.165) is 17.8 Å². The van der Waals surface area contributed by atoms with Crippen LogP contribution in [-0.2, 0) is 11.0 Å². The van der Waals surface area contributed by atoms with E-state index in [9.17, 15) is 18.0 Å². The van der Waals surface area contributed by atoms with Crippen LogP contribution in [0.4, 0.5) is 13.2 Å². The van der Waals surface area contributed by atoms with E-state index in [-0.39, 0.29) is 6.61 Å². The Kier molecular flexibility index (Phi) is 6.31. The summed E-state index contributed by atoms with van der Waals surface area (Å²) in [5.41, 5.74) is 4.80.